The third kappa shape index (κ3) is 3.62. The lowest BCUT2D eigenvalue weighted by atomic mass is 10.1. The number of methoxy groups -OCH3 is 1. The van der Waals surface area contributed by atoms with Gasteiger partial charge in [0.25, 0.3) is 0 Å². The van der Waals surface area contributed by atoms with Gasteiger partial charge in [-0.2, -0.15) is 0 Å². The Bertz CT molecular complexity index is 489. The van der Waals surface area contributed by atoms with E-state index in [1.165, 1.54) is 0 Å². The average molecular weight is 299 g/mol. The molecular weight excluding hydrogens is 280 g/mol. The molecule has 5 nitrogen and oxygen atoms in total. The van der Waals surface area contributed by atoms with Gasteiger partial charge in [0, 0.05) is 35.3 Å². The summed E-state index contributed by atoms with van der Waals surface area (Å²) >= 11 is 6.09. The summed E-state index contributed by atoms with van der Waals surface area (Å²) in [5.74, 6) is 0. The maximum absolute atomic E-state index is 11.9. The lowest BCUT2D eigenvalue weighted by Gasteiger charge is -2.15. The lowest BCUT2D eigenvalue weighted by Crippen LogP contribution is -2.35. The summed E-state index contributed by atoms with van der Waals surface area (Å²) in [5, 5.41) is 15.3. The van der Waals surface area contributed by atoms with Gasteiger partial charge in [0.2, 0.25) is 0 Å². The van der Waals surface area contributed by atoms with Crippen LogP contribution in [0.5, 0.6) is 0 Å². The monoisotopic (exact) mass is 298 g/mol. The highest BCUT2D eigenvalue weighted by Crippen LogP contribution is 2.44. The fourth-order valence-electron chi connectivity index (χ4n) is 1.97. The van der Waals surface area contributed by atoms with Crippen LogP contribution in [0.1, 0.15) is 18.4 Å². The van der Waals surface area contributed by atoms with Crippen molar-refractivity contribution in [1.82, 2.24) is 5.32 Å². The maximum Gasteiger partial charge on any atom is 0.319 e. The van der Waals surface area contributed by atoms with E-state index in [1.54, 1.807) is 25.3 Å². The summed E-state index contributed by atoms with van der Waals surface area (Å²) in [7, 11) is 1.57. The number of amides is 2. The van der Waals surface area contributed by atoms with Gasteiger partial charge in [0.15, 0.2) is 0 Å². The van der Waals surface area contributed by atoms with Crippen molar-refractivity contribution in [1.29, 1.82) is 0 Å². The van der Waals surface area contributed by atoms with Crippen LogP contribution in [0, 0.1) is 5.41 Å². The third-order valence-electron chi connectivity index (χ3n) is 3.57. The standard InChI is InChI=1S/C14H19ClN2O3/c1-20-7-10-11(15)3-2-4-12(10)17-13(19)16-8-14(9-18)5-6-14/h2-4,18H,5-9H2,1H3,(H2,16,17,19). The Kier molecular flexibility index (Phi) is 4.86. The highest BCUT2D eigenvalue weighted by atomic mass is 35.5. The number of benzene rings is 1. The van der Waals surface area contributed by atoms with Gasteiger partial charge in [-0.3, -0.25) is 0 Å². The molecular formula is C14H19ClN2O3. The van der Waals surface area contributed by atoms with Crippen molar-refractivity contribution >= 4 is 23.3 Å². The number of anilines is 1. The number of ether oxygens (including phenoxy) is 1. The summed E-state index contributed by atoms with van der Waals surface area (Å²) in [6.07, 6.45) is 1.91. The van der Waals surface area contributed by atoms with Gasteiger partial charge < -0.3 is 20.5 Å². The van der Waals surface area contributed by atoms with Gasteiger partial charge in [-0.15, -0.1) is 0 Å². The van der Waals surface area contributed by atoms with Crippen LogP contribution in [-0.4, -0.2) is 31.4 Å². The first-order chi connectivity index (χ1) is 9.60. The predicted molar refractivity (Wildman–Crippen MR) is 77.9 cm³/mol. The SMILES string of the molecule is COCc1c(Cl)cccc1NC(=O)NCC1(CO)CC1. The van der Waals surface area contributed by atoms with Crippen molar-refractivity contribution in [3.8, 4) is 0 Å². The highest BCUT2D eigenvalue weighted by Gasteiger charge is 2.42. The van der Waals surface area contributed by atoms with E-state index in [0.717, 1.165) is 18.4 Å². The average Bonchev–Trinajstić information content (AvgIpc) is 3.21. The molecule has 0 saturated heterocycles. The second-order valence-electron chi connectivity index (χ2n) is 5.16. The number of hydrogen-bond acceptors (Lipinski definition) is 3. The lowest BCUT2D eigenvalue weighted by molar-refractivity contribution is 0.185. The Hall–Kier alpha value is -1.30. The normalized spacial score (nSPS) is 15.8. The molecule has 1 aliphatic rings. The van der Waals surface area contributed by atoms with E-state index in [1.807, 2.05) is 0 Å². The van der Waals surface area contributed by atoms with Gasteiger partial charge in [0.05, 0.1) is 13.2 Å². The zero-order valence-electron chi connectivity index (χ0n) is 11.4. The number of aliphatic hydroxyl groups excluding tert-OH is 1. The molecule has 1 saturated carbocycles. The summed E-state index contributed by atoms with van der Waals surface area (Å²) in [4.78, 5) is 11.9. The number of rotatable bonds is 6. The van der Waals surface area contributed by atoms with Crippen molar-refractivity contribution in [3.05, 3.63) is 28.8 Å². The second kappa shape index (κ2) is 6.43. The van der Waals surface area contributed by atoms with E-state index in [4.69, 9.17) is 16.3 Å². The topological polar surface area (TPSA) is 70.6 Å². The van der Waals surface area contributed by atoms with Crippen LogP contribution in [-0.2, 0) is 11.3 Å². The molecule has 110 valence electrons. The van der Waals surface area contributed by atoms with Crippen molar-refractivity contribution in [2.75, 3.05) is 25.6 Å². The Morgan fingerprint density at radius 2 is 2.25 bits per heavy atom. The third-order valence-corrected chi connectivity index (χ3v) is 3.93. The zero-order valence-corrected chi connectivity index (χ0v) is 12.2. The Morgan fingerprint density at radius 1 is 1.50 bits per heavy atom. The van der Waals surface area contributed by atoms with Crippen LogP contribution >= 0.6 is 11.6 Å². The molecule has 20 heavy (non-hydrogen) atoms. The minimum Gasteiger partial charge on any atom is -0.396 e. The van der Waals surface area contributed by atoms with Crippen LogP contribution in [0.25, 0.3) is 0 Å². The zero-order chi connectivity index (χ0) is 14.6. The second-order valence-corrected chi connectivity index (χ2v) is 5.57. The fraction of sp³-hybridized carbons (Fsp3) is 0.500. The van der Waals surface area contributed by atoms with Crippen LogP contribution in [0.15, 0.2) is 18.2 Å². The van der Waals surface area contributed by atoms with Gasteiger partial charge in [-0.05, 0) is 25.0 Å². The van der Waals surface area contributed by atoms with Crippen molar-refractivity contribution in [2.24, 2.45) is 5.41 Å². The smallest absolute Gasteiger partial charge is 0.319 e. The number of urea groups is 1. The van der Waals surface area contributed by atoms with Gasteiger partial charge in [-0.1, -0.05) is 17.7 Å². The van der Waals surface area contributed by atoms with Crippen molar-refractivity contribution < 1.29 is 14.6 Å². The molecule has 0 atom stereocenters. The first-order valence-corrected chi connectivity index (χ1v) is 6.90. The minimum absolute atomic E-state index is 0.110. The number of aliphatic hydroxyl groups is 1. The number of halogens is 1. The molecule has 0 radical (unpaired) electrons. The molecule has 0 heterocycles. The van der Waals surface area contributed by atoms with E-state index in [9.17, 15) is 9.90 Å². The molecule has 0 bridgehead atoms. The van der Waals surface area contributed by atoms with Crippen LogP contribution in [0.2, 0.25) is 5.02 Å². The molecule has 0 aromatic heterocycles. The molecule has 0 aliphatic heterocycles. The molecule has 2 amide bonds. The van der Waals surface area contributed by atoms with E-state index in [0.29, 0.717) is 23.9 Å². The molecule has 3 N–H and O–H groups in total. The summed E-state index contributed by atoms with van der Waals surface area (Å²) in [6.45, 7) is 0.921. The van der Waals surface area contributed by atoms with Gasteiger partial charge in [0.1, 0.15) is 0 Å². The van der Waals surface area contributed by atoms with E-state index in [2.05, 4.69) is 10.6 Å². The van der Waals surface area contributed by atoms with Crippen LogP contribution < -0.4 is 10.6 Å². The maximum atomic E-state index is 11.9. The number of carbonyl (C=O) groups is 1. The molecule has 0 unspecified atom stereocenters. The van der Waals surface area contributed by atoms with Gasteiger partial charge in [-0.25, -0.2) is 4.79 Å². The van der Waals surface area contributed by atoms with E-state index in [-0.39, 0.29) is 18.1 Å². The quantitative estimate of drug-likeness (QED) is 0.755. The summed E-state index contributed by atoms with van der Waals surface area (Å²) < 4.78 is 5.08. The van der Waals surface area contributed by atoms with Crippen molar-refractivity contribution in [2.45, 2.75) is 19.4 Å². The van der Waals surface area contributed by atoms with E-state index >= 15 is 0 Å². The van der Waals surface area contributed by atoms with E-state index < -0.39 is 0 Å². The summed E-state index contributed by atoms with van der Waals surface area (Å²) in [6, 6.07) is 5.00. The number of nitrogens with one attached hydrogen (secondary N) is 2. The van der Waals surface area contributed by atoms with Crippen LogP contribution in [0.4, 0.5) is 10.5 Å². The Morgan fingerprint density at radius 3 is 2.85 bits per heavy atom. The first-order valence-electron chi connectivity index (χ1n) is 6.52. The summed E-state index contributed by atoms with van der Waals surface area (Å²) in [5.41, 5.74) is 1.27. The fourth-order valence-corrected chi connectivity index (χ4v) is 2.20. The first kappa shape index (κ1) is 15.1. The van der Waals surface area contributed by atoms with Gasteiger partial charge >= 0.3 is 6.03 Å². The molecule has 6 heteroatoms. The number of hydrogen-bond donors (Lipinski definition) is 3. The number of carbonyl (C=O) groups excluding carboxylic acids is 1. The highest BCUT2D eigenvalue weighted by molar-refractivity contribution is 6.31. The Labute approximate surface area is 123 Å². The minimum atomic E-state index is -0.302. The molecule has 0 spiro atoms. The molecule has 1 aliphatic carbocycles. The molecule has 1 fully saturated rings. The largest absolute Gasteiger partial charge is 0.396 e. The Balaban J connectivity index is 1.95. The molecule has 2 rings (SSSR count). The molecule has 1 aromatic rings. The predicted octanol–water partition coefficient (Wildman–Crippen LogP) is 2.38. The van der Waals surface area contributed by atoms with Crippen molar-refractivity contribution in [3.63, 3.8) is 0 Å². The molecule has 1 aromatic carbocycles. The van der Waals surface area contributed by atoms with Crippen LogP contribution in [0.3, 0.4) is 0 Å².